The SMILES string of the molecule is COC(=O)Nc1cc(NC(=O)NSC(=S)N(C)C)ccc1C. The molecule has 0 unspecified atom stereocenters. The number of amides is 3. The maximum Gasteiger partial charge on any atom is 0.411 e. The summed E-state index contributed by atoms with van der Waals surface area (Å²) < 4.78 is 7.65. The van der Waals surface area contributed by atoms with Crippen LogP contribution in [0.3, 0.4) is 0 Å². The molecule has 120 valence electrons. The van der Waals surface area contributed by atoms with Crippen molar-refractivity contribution in [1.82, 2.24) is 9.62 Å². The minimum absolute atomic E-state index is 0.415. The maximum absolute atomic E-state index is 11.8. The Morgan fingerprint density at radius 1 is 1.27 bits per heavy atom. The minimum Gasteiger partial charge on any atom is -0.453 e. The summed E-state index contributed by atoms with van der Waals surface area (Å²) in [5.74, 6) is 0. The van der Waals surface area contributed by atoms with Crippen molar-refractivity contribution in [3.63, 3.8) is 0 Å². The highest BCUT2D eigenvalue weighted by atomic mass is 32.2. The molecule has 0 aromatic heterocycles. The highest BCUT2D eigenvalue weighted by Gasteiger charge is 2.08. The van der Waals surface area contributed by atoms with Gasteiger partial charge in [0.05, 0.1) is 7.11 Å². The molecule has 0 radical (unpaired) electrons. The number of anilines is 2. The average Bonchev–Trinajstić information content (AvgIpc) is 2.47. The smallest absolute Gasteiger partial charge is 0.411 e. The van der Waals surface area contributed by atoms with Crippen LogP contribution in [-0.2, 0) is 4.74 Å². The number of ether oxygens (including phenoxy) is 1. The van der Waals surface area contributed by atoms with Gasteiger partial charge in [0, 0.05) is 37.4 Å². The molecular formula is C13H18N4O3S2. The van der Waals surface area contributed by atoms with Crippen molar-refractivity contribution in [2.45, 2.75) is 6.92 Å². The van der Waals surface area contributed by atoms with Crippen LogP contribution in [0.25, 0.3) is 0 Å². The summed E-state index contributed by atoms with van der Waals surface area (Å²) in [4.78, 5) is 24.7. The first kappa shape index (κ1) is 18.1. The molecule has 0 bridgehead atoms. The van der Waals surface area contributed by atoms with Gasteiger partial charge in [-0.25, -0.2) is 9.59 Å². The predicted molar refractivity (Wildman–Crippen MR) is 93.2 cm³/mol. The second-order valence-electron chi connectivity index (χ2n) is 4.46. The third-order valence-electron chi connectivity index (χ3n) is 2.51. The maximum atomic E-state index is 11.8. The van der Waals surface area contributed by atoms with Crippen LogP contribution in [0.4, 0.5) is 21.0 Å². The van der Waals surface area contributed by atoms with Gasteiger partial charge in [-0.15, -0.1) is 0 Å². The highest BCUT2D eigenvalue weighted by molar-refractivity contribution is 8.21. The second kappa shape index (κ2) is 8.44. The molecule has 0 saturated heterocycles. The summed E-state index contributed by atoms with van der Waals surface area (Å²) in [5.41, 5.74) is 1.94. The molecule has 0 spiro atoms. The number of rotatable bonds is 2. The molecule has 22 heavy (non-hydrogen) atoms. The molecule has 0 saturated carbocycles. The summed E-state index contributed by atoms with van der Waals surface area (Å²) in [6.45, 7) is 1.83. The zero-order valence-electron chi connectivity index (χ0n) is 12.7. The van der Waals surface area contributed by atoms with Crippen molar-refractivity contribution in [3.8, 4) is 0 Å². The van der Waals surface area contributed by atoms with E-state index in [2.05, 4.69) is 20.1 Å². The van der Waals surface area contributed by atoms with E-state index in [-0.39, 0.29) is 0 Å². The van der Waals surface area contributed by atoms with Crippen LogP contribution in [0.5, 0.6) is 0 Å². The van der Waals surface area contributed by atoms with Crippen molar-refractivity contribution in [1.29, 1.82) is 0 Å². The van der Waals surface area contributed by atoms with Crippen LogP contribution in [-0.4, -0.2) is 42.5 Å². The number of nitrogens with zero attached hydrogens (tertiary/aromatic N) is 1. The number of hydrogen-bond acceptors (Lipinski definition) is 5. The minimum atomic E-state index is -0.573. The second-order valence-corrected chi connectivity index (χ2v) is 5.90. The molecule has 1 aromatic rings. The van der Waals surface area contributed by atoms with E-state index in [1.54, 1.807) is 37.2 Å². The lowest BCUT2D eigenvalue weighted by Crippen LogP contribution is -2.27. The molecule has 0 fully saturated rings. The van der Waals surface area contributed by atoms with Crippen molar-refractivity contribution < 1.29 is 14.3 Å². The Bertz CT molecular complexity index is 578. The lowest BCUT2D eigenvalue weighted by Gasteiger charge is -2.14. The van der Waals surface area contributed by atoms with Gasteiger partial charge in [0.1, 0.15) is 0 Å². The summed E-state index contributed by atoms with van der Waals surface area (Å²) in [6.07, 6.45) is -0.573. The average molecular weight is 342 g/mol. The van der Waals surface area contributed by atoms with Gasteiger partial charge in [-0.2, -0.15) is 0 Å². The summed E-state index contributed by atoms with van der Waals surface area (Å²) in [5, 5.41) is 5.23. The molecule has 0 aliphatic carbocycles. The van der Waals surface area contributed by atoms with E-state index >= 15 is 0 Å². The molecular weight excluding hydrogens is 324 g/mol. The Balaban J connectivity index is 2.65. The van der Waals surface area contributed by atoms with Gasteiger partial charge < -0.3 is 15.0 Å². The normalized spacial score (nSPS) is 9.64. The van der Waals surface area contributed by atoms with Crippen LogP contribution in [0.1, 0.15) is 5.56 Å². The van der Waals surface area contributed by atoms with Gasteiger partial charge in [-0.1, -0.05) is 18.3 Å². The Morgan fingerprint density at radius 2 is 1.95 bits per heavy atom. The van der Waals surface area contributed by atoms with Crippen LogP contribution in [0.15, 0.2) is 18.2 Å². The van der Waals surface area contributed by atoms with E-state index < -0.39 is 12.1 Å². The third-order valence-corrected chi connectivity index (χ3v) is 3.96. The number of hydrogen-bond donors (Lipinski definition) is 3. The third kappa shape index (κ3) is 5.78. The number of methoxy groups -OCH3 is 1. The first-order chi connectivity index (χ1) is 10.3. The van der Waals surface area contributed by atoms with Crippen molar-refractivity contribution in [3.05, 3.63) is 23.8 Å². The standard InChI is InChI=1S/C13H18N4O3S2/c1-8-5-6-9(7-10(8)15-12(19)20-4)14-11(18)16-22-13(21)17(2)3/h5-7H,1-4H3,(H,15,19)(H2,14,16,18). The Kier molecular flexibility index (Phi) is 6.93. The summed E-state index contributed by atoms with van der Waals surface area (Å²) in [6, 6.07) is 4.73. The number of benzene rings is 1. The number of urea groups is 1. The van der Waals surface area contributed by atoms with E-state index in [0.29, 0.717) is 15.7 Å². The van der Waals surface area contributed by atoms with Crippen molar-refractivity contribution in [2.24, 2.45) is 0 Å². The predicted octanol–water partition coefficient (Wildman–Crippen LogP) is 2.79. The fourth-order valence-corrected chi connectivity index (χ4v) is 1.87. The monoisotopic (exact) mass is 342 g/mol. The van der Waals surface area contributed by atoms with E-state index in [9.17, 15) is 9.59 Å². The summed E-state index contributed by atoms with van der Waals surface area (Å²) in [7, 11) is 4.87. The van der Waals surface area contributed by atoms with Gasteiger partial charge in [0.15, 0.2) is 4.32 Å². The highest BCUT2D eigenvalue weighted by Crippen LogP contribution is 2.20. The molecule has 3 N–H and O–H groups in total. The van der Waals surface area contributed by atoms with E-state index in [1.165, 1.54) is 7.11 Å². The molecule has 0 aliphatic heterocycles. The quantitative estimate of drug-likeness (QED) is 0.566. The molecule has 3 amide bonds. The number of carbonyl (C=O) groups is 2. The van der Waals surface area contributed by atoms with E-state index in [1.807, 2.05) is 6.92 Å². The molecule has 0 atom stereocenters. The van der Waals surface area contributed by atoms with Gasteiger partial charge in [-0.3, -0.25) is 10.0 Å². The zero-order chi connectivity index (χ0) is 16.7. The fraction of sp³-hybridized carbons (Fsp3) is 0.308. The van der Waals surface area contributed by atoms with Crippen LogP contribution in [0, 0.1) is 6.92 Å². The number of nitrogens with one attached hydrogen (secondary N) is 3. The van der Waals surface area contributed by atoms with Crippen LogP contribution in [0.2, 0.25) is 0 Å². The molecule has 7 nitrogen and oxygen atoms in total. The van der Waals surface area contributed by atoms with Gasteiger partial charge in [0.25, 0.3) is 0 Å². The van der Waals surface area contributed by atoms with Crippen molar-refractivity contribution in [2.75, 3.05) is 31.8 Å². The molecule has 0 aliphatic rings. The van der Waals surface area contributed by atoms with Gasteiger partial charge in [-0.05, 0) is 24.6 Å². The van der Waals surface area contributed by atoms with E-state index in [4.69, 9.17) is 12.2 Å². The number of thiocarbonyl (C=S) groups is 1. The molecule has 1 aromatic carbocycles. The van der Waals surface area contributed by atoms with Gasteiger partial charge >= 0.3 is 12.1 Å². The first-order valence-electron chi connectivity index (χ1n) is 6.24. The van der Waals surface area contributed by atoms with Crippen LogP contribution < -0.4 is 15.4 Å². The van der Waals surface area contributed by atoms with E-state index in [0.717, 1.165) is 17.5 Å². The van der Waals surface area contributed by atoms with Crippen LogP contribution >= 0.6 is 24.2 Å². The van der Waals surface area contributed by atoms with Gasteiger partial charge in [0.2, 0.25) is 0 Å². The Morgan fingerprint density at radius 3 is 2.55 bits per heavy atom. The largest absolute Gasteiger partial charge is 0.453 e. The van der Waals surface area contributed by atoms with Crippen molar-refractivity contribution >= 4 is 52.0 Å². The molecule has 1 rings (SSSR count). The lowest BCUT2D eigenvalue weighted by atomic mass is 10.2. The first-order valence-corrected chi connectivity index (χ1v) is 7.46. The molecule has 0 heterocycles. The molecule has 9 heteroatoms. The summed E-state index contributed by atoms with van der Waals surface area (Å²) >= 11 is 6.08. The Hall–Kier alpha value is -2.00. The zero-order valence-corrected chi connectivity index (χ0v) is 14.4. The Labute approximate surface area is 138 Å². The lowest BCUT2D eigenvalue weighted by molar-refractivity contribution is 0.187. The number of aryl methyl sites for hydroxylation is 1. The topological polar surface area (TPSA) is 82.7 Å². The number of carbonyl (C=O) groups excluding carboxylic acids is 2. The fourth-order valence-electron chi connectivity index (χ4n) is 1.33.